The molecule has 2 heteroatoms. The van der Waals surface area contributed by atoms with Gasteiger partial charge in [-0.2, -0.15) is 0 Å². The van der Waals surface area contributed by atoms with Gasteiger partial charge in [0.15, 0.2) is 0 Å². The van der Waals surface area contributed by atoms with Crippen LogP contribution in [0.2, 0.25) is 0 Å². The molecule has 0 spiro atoms. The third-order valence-electron chi connectivity index (χ3n) is 2.44. The Hall–Kier alpha value is -1.67. The largest absolute Gasteiger partial charge is 0.250 e. The Morgan fingerprint density at radius 1 is 0.941 bits per heavy atom. The summed E-state index contributed by atoms with van der Waals surface area (Å²) < 4.78 is 12.0. The lowest BCUT2D eigenvalue weighted by atomic mass is 10.2. The van der Waals surface area contributed by atoms with Crippen molar-refractivity contribution in [3.05, 3.63) is 71.1 Å². The highest BCUT2D eigenvalue weighted by Crippen LogP contribution is 2.11. The van der Waals surface area contributed by atoms with Gasteiger partial charge < -0.3 is 0 Å². The molecule has 86 valence electrons. The van der Waals surface area contributed by atoms with Crippen molar-refractivity contribution >= 4 is 16.9 Å². The monoisotopic (exact) mass is 242 g/mol. The van der Waals surface area contributed by atoms with E-state index in [-0.39, 0.29) is 0 Å². The molecular weight excluding hydrogens is 228 g/mol. The highest BCUT2D eigenvalue weighted by molar-refractivity contribution is 7.88. The second kappa shape index (κ2) is 5.60. The zero-order chi connectivity index (χ0) is 12.1. The first-order chi connectivity index (χ1) is 8.25. The van der Waals surface area contributed by atoms with Crippen LogP contribution in [0.3, 0.4) is 0 Å². The van der Waals surface area contributed by atoms with Gasteiger partial charge in [-0.3, -0.25) is 0 Å². The second-order valence-electron chi connectivity index (χ2n) is 3.82. The van der Waals surface area contributed by atoms with Gasteiger partial charge in [0.05, 0.1) is 10.8 Å². The van der Waals surface area contributed by atoms with Gasteiger partial charge >= 0.3 is 0 Å². The van der Waals surface area contributed by atoms with Gasteiger partial charge in [-0.15, -0.1) is 0 Å². The van der Waals surface area contributed by atoms with Crippen LogP contribution in [0.4, 0.5) is 0 Å². The molecule has 0 aliphatic heterocycles. The summed E-state index contributed by atoms with van der Waals surface area (Å²) in [7, 11) is -1.07. The molecule has 0 aromatic heterocycles. The number of aryl methyl sites for hydroxylation is 1. The Balaban J connectivity index is 2.12. The molecule has 0 amide bonds. The van der Waals surface area contributed by atoms with Crippen molar-refractivity contribution in [1.82, 2.24) is 0 Å². The number of hydrogen-bond acceptors (Lipinski definition) is 1. The fourth-order valence-corrected chi connectivity index (χ4v) is 2.30. The van der Waals surface area contributed by atoms with Gasteiger partial charge in [-0.25, -0.2) is 4.21 Å². The fourth-order valence-electron chi connectivity index (χ4n) is 1.46. The maximum atomic E-state index is 12.0. The van der Waals surface area contributed by atoms with Crippen molar-refractivity contribution in [2.75, 3.05) is 0 Å². The zero-order valence-electron chi connectivity index (χ0n) is 9.67. The highest BCUT2D eigenvalue weighted by Gasteiger charge is 1.98. The van der Waals surface area contributed by atoms with Crippen molar-refractivity contribution in [1.29, 1.82) is 0 Å². The molecule has 0 aliphatic rings. The minimum atomic E-state index is -1.07. The van der Waals surface area contributed by atoms with Crippen LogP contribution >= 0.6 is 0 Å². The minimum Gasteiger partial charge on any atom is -0.250 e. The maximum absolute atomic E-state index is 12.0. The van der Waals surface area contributed by atoms with Crippen molar-refractivity contribution in [3.63, 3.8) is 0 Å². The fraction of sp³-hybridized carbons (Fsp3) is 0.0667. The summed E-state index contributed by atoms with van der Waals surface area (Å²) >= 11 is 0. The van der Waals surface area contributed by atoms with Gasteiger partial charge in [0.1, 0.15) is 0 Å². The van der Waals surface area contributed by atoms with Crippen molar-refractivity contribution in [2.45, 2.75) is 11.8 Å². The Morgan fingerprint density at radius 2 is 1.59 bits per heavy atom. The van der Waals surface area contributed by atoms with Crippen molar-refractivity contribution in [3.8, 4) is 0 Å². The number of hydrogen-bond donors (Lipinski definition) is 0. The molecule has 2 aromatic rings. The van der Waals surface area contributed by atoms with Gasteiger partial charge in [-0.1, -0.05) is 48.0 Å². The van der Waals surface area contributed by atoms with Gasteiger partial charge in [-0.05, 0) is 30.7 Å². The van der Waals surface area contributed by atoms with E-state index in [1.54, 1.807) is 5.41 Å². The predicted molar refractivity (Wildman–Crippen MR) is 73.1 cm³/mol. The number of benzene rings is 2. The molecule has 0 radical (unpaired) electrons. The lowest BCUT2D eigenvalue weighted by Crippen LogP contribution is -1.86. The van der Waals surface area contributed by atoms with E-state index >= 15 is 0 Å². The summed E-state index contributed by atoms with van der Waals surface area (Å²) in [5.41, 5.74) is 2.24. The maximum Gasteiger partial charge on any atom is 0.0776 e. The van der Waals surface area contributed by atoms with Crippen LogP contribution in [0, 0.1) is 6.92 Å². The van der Waals surface area contributed by atoms with Crippen LogP contribution in [0.5, 0.6) is 0 Å². The smallest absolute Gasteiger partial charge is 0.0776 e. The van der Waals surface area contributed by atoms with Crippen molar-refractivity contribution in [2.24, 2.45) is 0 Å². The average Bonchev–Trinajstić information content (AvgIpc) is 2.38. The molecule has 0 fully saturated rings. The first-order valence-electron chi connectivity index (χ1n) is 5.46. The first-order valence-corrected chi connectivity index (χ1v) is 6.67. The third kappa shape index (κ3) is 3.40. The van der Waals surface area contributed by atoms with Gasteiger partial charge in [0.2, 0.25) is 0 Å². The molecule has 1 atom stereocenters. The van der Waals surface area contributed by atoms with Gasteiger partial charge in [0, 0.05) is 10.3 Å². The lowest BCUT2D eigenvalue weighted by molar-refractivity contribution is 0.688. The summed E-state index contributed by atoms with van der Waals surface area (Å²) in [6.45, 7) is 2.02. The van der Waals surface area contributed by atoms with Crippen molar-refractivity contribution < 1.29 is 4.21 Å². The molecule has 2 rings (SSSR count). The average molecular weight is 242 g/mol. The van der Waals surface area contributed by atoms with Crippen LogP contribution in [-0.2, 0) is 10.8 Å². The molecule has 2 aromatic carbocycles. The molecular formula is C15H14OS. The van der Waals surface area contributed by atoms with Crippen LogP contribution < -0.4 is 0 Å². The predicted octanol–water partition coefficient (Wildman–Crippen LogP) is 3.77. The van der Waals surface area contributed by atoms with E-state index in [0.717, 1.165) is 10.5 Å². The summed E-state index contributed by atoms with van der Waals surface area (Å²) in [5, 5.41) is 1.72. The molecule has 0 N–H and O–H groups in total. The van der Waals surface area contributed by atoms with Crippen LogP contribution in [0.1, 0.15) is 11.1 Å². The Bertz CT molecular complexity index is 527. The summed E-state index contributed by atoms with van der Waals surface area (Å²) in [5.74, 6) is 0. The molecule has 0 heterocycles. The molecule has 0 bridgehead atoms. The Kier molecular flexibility index (Phi) is 3.89. The third-order valence-corrected chi connectivity index (χ3v) is 3.56. The normalized spacial score (nSPS) is 12.8. The first kappa shape index (κ1) is 11.8. The van der Waals surface area contributed by atoms with E-state index in [1.165, 1.54) is 5.56 Å². The van der Waals surface area contributed by atoms with Gasteiger partial charge in [0.25, 0.3) is 0 Å². The second-order valence-corrected chi connectivity index (χ2v) is 5.16. The summed E-state index contributed by atoms with van der Waals surface area (Å²) in [6.07, 6.45) is 1.88. The van der Waals surface area contributed by atoms with E-state index in [2.05, 4.69) is 0 Å². The minimum absolute atomic E-state index is 0.836. The molecule has 0 aliphatic carbocycles. The zero-order valence-corrected chi connectivity index (χ0v) is 10.5. The number of rotatable bonds is 3. The molecule has 17 heavy (non-hydrogen) atoms. The van der Waals surface area contributed by atoms with E-state index in [1.807, 2.05) is 67.6 Å². The van der Waals surface area contributed by atoms with E-state index in [0.29, 0.717) is 0 Å². The van der Waals surface area contributed by atoms with Crippen LogP contribution in [0.25, 0.3) is 6.08 Å². The van der Waals surface area contributed by atoms with E-state index in [4.69, 9.17) is 0 Å². The Morgan fingerprint density at radius 3 is 2.24 bits per heavy atom. The standard InChI is InChI=1S/C15H14OS/c1-13-7-9-15(10-8-13)17(16)12-11-14-5-3-2-4-6-14/h2-12H,1H3/b12-11+/t17-/m1/s1. The van der Waals surface area contributed by atoms with E-state index in [9.17, 15) is 4.21 Å². The Labute approximate surface area is 104 Å². The molecule has 0 saturated heterocycles. The quantitative estimate of drug-likeness (QED) is 0.800. The van der Waals surface area contributed by atoms with Crippen LogP contribution in [-0.4, -0.2) is 4.21 Å². The summed E-state index contributed by atoms with van der Waals surface area (Å²) in [4.78, 5) is 0.836. The summed E-state index contributed by atoms with van der Waals surface area (Å²) in [6, 6.07) is 17.6. The highest BCUT2D eigenvalue weighted by atomic mass is 32.2. The van der Waals surface area contributed by atoms with Crippen LogP contribution in [0.15, 0.2) is 64.9 Å². The lowest BCUT2D eigenvalue weighted by Gasteiger charge is -1.97. The topological polar surface area (TPSA) is 17.1 Å². The molecule has 0 unspecified atom stereocenters. The molecule has 1 nitrogen and oxygen atoms in total. The SMILES string of the molecule is Cc1ccc([S@](=O)/C=C/c2ccccc2)cc1. The molecule has 0 saturated carbocycles. The van der Waals surface area contributed by atoms with E-state index < -0.39 is 10.8 Å².